The molecule has 0 N–H and O–H groups in total. The molecule has 0 fully saturated rings. The summed E-state index contributed by atoms with van der Waals surface area (Å²) in [6.07, 6.45) is 2.04. The van der Waals surface area contributed by atoms with Gasteiger partial charge in [0.1, 0.15) is 12.4 Å². The van der Waals surface area contributed by atoms with E-state index in [2.05, 4.69) is 6.58 Å². The van der Waals surface area contributed by atoms with Crippen molar-refractivity contribution < 1.29 is 18.7 Å². The number of halogens is 1. The zero-order chi connectivity index (χ0) is 21.3. The SMILES string of the molecule is C=CCOC(=O)c1c2c(nc3ccc(C)cc13)CCN(C(=O)c1ccc(F)cc1)C2. The minimum Gasteiger partial charge on any atom is -0.458 e. The Morgan fingerprint density at radius 1 is 1.23 bits per heavy atom. The van der Waals surface area contributed by atoms with Gasteiger partial charge < -0.3 is 9.64 Å². The van der Waals surface area contributed by atoms with Gasteiger partial charge in [0.05, 0.1) is 11.1 Å². The summed E-state index contributed by atoms with van der Waals surface area (Å²) >= 11 is 0. The third-order valence-corrected chi connectivity index (χ3v) is 5.21. The number of aromatic nitrogens is 1. The van der Waals surface area contributed by atoms with Gasteiger partial charge in [-0.25, -0.2) is 9.18 Å². The molecular formula is C24H21FN2O3. The smallest absolute Gasteiger partial charge is 0.339 e. The molecule has 4 rings (SSSR count). The van der Waals surface area contributed by atoms with Crippen molar-refractivity contribution in [3.63, 3.8) is 0 Å². The number of hydrogen-bond donors (Lipinski definition) is 0. The third kappa shape index (κ3) is 3.68. The van der Waals surface area contributed by atoms with Crippen LogP contribution in [0.5, 0.6) is 0 Å². The first kappa shape index (κ1) is 19.8. The zero-order valence-corrected chi connectivity index (χ0v) is 16.7. The molecule has 2 heterocycles. The molecule has 1 aromatic heterocycles. The number of fused-ring (bicyclic) bond motifs is 2. The molecule has 0 atom stereocenters. The van der Waals surface area contributed by atoms with Gasteiger partial charge >= 0.3 is 5.97 Å². The number of esters is 1. The molecule has 0 aliphatic carbocycles. The second-order valence-electron chi connectivity index (χ2n) is 7.30. The van der Waals surface area contributed by atoms with E-state index in [0.717, 1.165) is 16.8 Å². The maximum atomic E-state index is 13.2. The molecule has 0 radical (unpaired) electrons. The lowest BCUT2D eigenvalue weighted by molar-refractivity contribution is 0.0544. The van der Waals surface area contributed by atoms with Crippen molar-refractivity contribution in [3.8, 4) is 0 Å². The number of rotatable bonds is 4. The molecule has 1 aliphatic rings. The van der Waals surface area contributed by atoms with Crippen LogP contribution in [0.15, 0.2) is 55.1 Å². The molecular weight excluding hydrogens is 383 g/mol. The normalized spacial score (nSPS) is 13.1. The molecule has 0 unspecified atom stereocenters. The predicted octanol–water partition coefficient (Wildman–Crippen LogP) is 4.22. The van der Waals surface area contributed by atoms with Crippen LogP contribution in [0.25, 0.3) is 10.9 Å². The van der Waals surface area contributed by atoms with Crippen molar-refractivity contribution in [2.24, 2.45) is 0 Å². The predicted molar refractivity (Wildman–Crippen MR) is 112 cm³/mol. The Hall–Kier alpha value is -3.54. The summed E-state index contributed by atoms with van der Waals surface area (Å²) in [6.45, 7) is 6.35. The van der Waals surface area contributed by atoms with Gasteiger partial charge in [-0.1, -0.05) is 24.3 Å². The molecule has 2 aromatic carbocycles. The maximum Gasteiger partial charge on any atom is 0.339 e. The summed E-state index contributed by atoms with van der Waals surface area (Å²) in [6, 6.07) is 11.2. The van der Waals surface area contributed by atoms with Crippen LogP contribution in [0.2, 0.25) is 0 Å². The monoisotopic (exact) mass is 404 g/mol. The number of hydrogen-bond acceptors (Lipinski definition) is 4. The Kier molecular flexibility index (Phi) is 5.31. The van der Waals surface area contributed by atoms with Crippen molar-refractivity contribution in [1.29, 1.82) is 0 Å². The van der Waals surface area contributed by atoms with Gasteiger partial charge in [-0.05, 0) is 43.3 Å². The lowest BCUT2D eigenvalue weighted by atomic mass is 9.94. The van der Waals surface area contributed by atoms with E-state index in [1.165, 1.54) is 30.3 Å². The molecule has 1 aliphatic heterocycles. The van der Waals surface area contributed by atoms with Crippen molar-refractivity contribution in [1.82, 2.24) is 9.88 Å². The number of ether oxygens (including phenoxy) is 1. The van der Waals surface area contributed by atoms with Crippen LogP contribution in [0.3, 0.4) is 0 Å². The second kappa shape index (κ2) is 8.06. The van der Waals surface area contributed by atoms with Gasteiger partial charge in [-0.15, -0.1) is 0 Å². The molecule has 30 heavy (non-hydrogen) atoms. The van der Waals surface area contributed by atoms with E-state index in [1.54, 1.807) is 4.90 Å². The minimum atomic E-state index is -0.458. The molecule has 152 valence electrons. The van der Waals surface area contributed by atoms with Crippen molar-refractivity contribution in [3.05, 3.63) is 88.9 Å². The highest BCUT2D eigenvalue weighted by molar-refractivity contribution is 6.05. The summed E-state index contributed by atoms with van der Waals surface area (Å²) < 4.78 is 18.6. The number of pyridine rings is 1. The zero-order valence-electron chi connectivity index (χ0n) is 16.7. The fraction of sp³-hybridized carbons (Fsp3) is 0.208. The van der Waals surface area contributed by atoms with Crippen LogP contribution in [-0.2, 0) is 17.7 Å². The Balaban J connectivity index is 1.78. The van der Waals surface area contributed by atoms with Crippen LogP contribution >= 0.6 is 0 Å². The second-order valence-corrected chi connectivity index (χ2v) is 7.30. The van der Waals surface area contributed by atoms with Crippen molar-refractivity contribution in [2.75, 3.05) is 13.2 Å². The number of benzene rings is 2. The van der Waals surface area contributed by atoms with Gasteiger partial charge in [0.15, 0.2) is 0 Å². The topological polar surface area (TPSA) is 59.5 Å². The Morgan fingerprint density at radius 3 is 2.73 bits per heavy atom. The fourth-order valence-corrected chi connectivity index (χ4v) is 3.74. The van der Waals surface area contributed by atoms with Gasteiger partial charge in [0.25, 0.3) is 5.91 Å². The highest BCUT2D eigenvalue weighted by Gasteiger charge is 2.29. The van der Waals surface area contributed by atoms with E-state index in [4.69, 9.17) is 9.72 Å². The number of carbonyl (C=O) groups is 2. The van der Waals surface area contributed by atoms with Crippen LogP contribution in [0.1, 0.15) is 37.5 Å². The van der Waals surface area contributed by atoms with Gasteiger partial charge in [-0.2, -0.15) is 0 Å². The summed E-state index contributed by atoms with van der Waals surface area (Å²) in [4.78, 5) is 32.3. The lowest BCUT2D eigenvalue weighted by Gasteiger charge is -2.30. The van der Waals surface area contributed by atoms with Crippen molar-refractivity contribution in [2.45, 2.75) is 19.9 Å². The highest BCUT2D eigenvalue weighted by Crippen LogP contribution is 2.30. The first-order valence-corrected chi connectivity index (χ1v) is 9.73. The fourth-order valence-electron chi connectivity index (χ4n) is 3.74. The Labute approximate surface area is 173 Å². The van der Waals surface area contributed by atoms with Crippen LogP contribution < -0.4 is 0 Å². The standard InChI is InChI=1S/C24H21FN2O3/c1-3-12-30-24(29)22-18-13-15(2)4-9-20(18)26-21-10-11-27(14-19(21)22)23(28)16-5-7-17(25)8-6-16/h3-9,13H,1,10-12,14H2,2H3. The highest BCUT2D eigenvalue weighted by atomic mass is 19.1. The molecule has 0 saturated carbocycles. The number of amides is 1. The van der Waals surface area contributed by atoms with E-state index >= 15 is 0 Å². The molecule has 6 heteroatoms. The van der Waals surface area contributed by atoms with E-state index in [-0.39, 0.29) is 19.1 Å². The Bertz CT molecular complexity index is 1160. The van der Waals surface area contributed by atoms with E-state index in [0.29, 0.717) is 35.0 Å². The van der Waals surface area contributed by atoms with Crippen LogP contribution in [0, 0.1) is 12.7 Å². The van der Waals surface area contributed by atoms with E-state index < -0.39 is 11.8 Å². The summed E-state index contributed by atoms with van der Waals surface area (Å²) in [5.41, 5.74) is 4.06. The molecule has 5 nitrogen and oxygen atoms in total. The molecule has 0 spiro atoms. The largest absolute Gasteiger partial charge is 0.458 e. The van der Waals surface area contributed by atoms with Crippen molar-refractivity contribution >= 4 is 22.8 Å². The number of aryl methyl sites for hydroxylation is 1. The summed E-state index contributed by atoms with van der Waals surface area (Å²) in [5.74, 6) is -1.07. The number of carbonyl (C=O) groups excluding carboxylic acids is 2. The van der Waals surface area contributed by atoms with Crippen LogP contribution in [0.4, 0.5) is 4.39 Å². The van der Waals surface area contributed by atoms with Gasteiger partial charge in [0.2, 0.25) is 0 Å². The summed E-state index contributed by atoms with van der Waals surface area (Å²) in [7, 11) is 0. The average molecular weight is 404 g/mol. The molecule has 3 aromatic rings. The van der Waals surface area contributed by atoms with Gasteiger partial charge in [0, 0.05) is 41.7 Å². The first-order valence-electron chi connectivity index (χ1n) is 9.73. The molecule has 1 amide bonds. The molecule has 0 saturated heterocycles. The van der Waals surface area contributed by atoms with E-state index in [1.807, 2.05) is 25.1 Å². The first-order chi connectivity index (χ1) is 14.5. The molecule has 0 bridgehead atoms. The van der Waals surface area contributed by atoms with E-state index in [9.17, 15) is 14.0 Å². The number of nitrogens with zero attached hydrogens (tertiary/aromatic N) is 2. The van der Waals surface area contributed by atoms with Crippen LogP contribution in [-0.4, -0.2) is 34.9 Å². The minimum absolute atomic E-state index is 0.0987. The Morgan fingerprint density at radius 2 is 2.00 bits per heavy atom. The van der Waals surface area contributed by atoms with Gasteiger partial charge in [-0.3, -0.25) is 9.78 Å². The summed E-state index contributed by atoms with van der Waals surface area (Å²) in [5, 5.41) is 0.707. The average Bonchev–Trinajstić information content (AvgIpc) is 2.75. The third-order valence-electron chi connectivity index (χ3n) is 5.21. The maximum absolute atomic E-state index is 13.2. The lowest BCUT2D eigenvalue weighted by Crippen LogP contribution is -2.37. The quantitative estimate of drug-likeness (QED) is 0.483.